The highest BCUT2D eigenvalue weighted by Gasteiger charge is 2.09. The van der Waals surface area contributed by atoms with E-state index in [4.69, 9.17) is 4.55 Å². The molecule has 0 aliphatic heterocycles. The summed E-state index contributed by atoms with van der Waals surface area (Å²) < 4.78 is 30.6. The third-order valence-electron chi connectivity index (χ3n) is 2.66. The SMILES string of the molecule is O=C(C=Cc1ccccc1)c1ccc(S(=O)(=O)O)cc1. The van der Waals surface area contributed by atoms with E-state index in [-0.39, 0.29) is 10.7 Å². The Bertz CT molecular complexity index is 729. The molecule has 20 heavy (non-hydrogen) atoms. The summed E-state index contributed by atoms with van der Waals surface area (Å²) in [4.78, 5) is 11.6. The molecule has 0 bridgehead atoms. The van der Waals surface area contributed by atoms with Gasteiger partial charge in [0.1, 0.15) is 0 Å². The van der Waals surface area contributed by atoms with Crippen LogP contribution in [0.25, 0.3) is 6.08 Å². The van der Waals surface area contributed by atoms with Gasteiger partial charge in [0.05, 0.1) is 4.90 Å². The Morgan fingerprint density at radius 2 is 1.55 bits per heavy atom. The van der Waals surface area contributed by atoms with Crippen molar-refractivity contribution >= 4 is 22.0 Å². The minimum atomic E-state index is -4.23. The fraction of sp³-hybridized carbons (Fsp3) is 0. The van der Waals surface area contributed by atoms with E-state index in [9.17, 15) is 13.2 Å². The highest BCUT2D eigenvalue weighted by atomic mass is 32.2. The molecule has 0 saturated heterocycles. The third kappa shape index (κ3) is 3.63. The number of rotatable bonds is 4. The lowest BCUT2D eigenvalue weighted by atomic mass is 10.1. The molecule has 0 aromatic heterocycles. The maximum absolute atomic E-state index is 11.9. The van der Waals surface area contributed by atoms with Crippen molar-refractivity contribution in [3.05, 3.63) is 71.8 Å². The van der Waals surface area contributed by atoms with Gasteiger partial charge in [0.15, 0.2) is 5.78 Å². The Hall–Kier alpha value is -2.24. The normalized spacial score (nSPS) is 11.7. The monoisotopic (exact) mass is 288 g/mol. The first-order chi connectivity index (χ1) is 9.47. The molecular formula is C15H12O4S. The van der Waals surface area contributed by atoms with E-state index in [1.807, 2.05) is 30.3 Å². The average Bonchev–Trinajstić information content (AvgIpc) is 2.45. The van der Waals surface area contributed by atoms with Crippen LogP contribution in [0.2, 0.25) is 0 Å². The van der Waals surface area contributed by atoms with Gasteiger partial charge in [-0.3, -0.25) is 9.35 Å². The zero-order valence-electron chi connectivity index (χ0n) is 10.4. The first-order valence-electron chi connectivity index (χ1n) is 5.82. The molecule has 0 spiro atoms. The van der Waals surface area contributed by atoms with Gasteiger partial charge in [-0.15, -0.1) is 0 Å². The fourth-order valence-corrected chi connectivity index (χ4v) is 2.10. The van der Waals surface area contributed by atoms with Crippen LogP contribution in [0.5, 0.6) is 0 Å². The fourth-order valence-electron chi connectivity index (χ4n) is 1.62. The van der Waals surface area contributed by atoms with Gasteiger partial charge in [-0.25, -0.2) is 0 Å². The predicted octanol–water partition coefficient (Wildman–Crippen LogP) is 2.83. The van der Waals surface area contributed by atoms with E-state index in [0.717, 1.165) is 5.56 Å². The quantitative estimate of drug-likeness (QED) is 0.533. The van der Waals surface area contributed by atoms with Gasteiger partial charge in [0.25, 0.3) is 10.1 Å². The summed E-state index contributed by atoms with van der Waals surface area (Å²) in [6.07, 6.45) is 3.09. The summed E-state index contributed by atoms with van der Waals surface area (Å²) in [5.74, 6) is -0.240. The van der Waals surface area contributed by atoms with Crippen molar-refractivity contribution < 1.29 is 17.8 Å². The number of hydrogen-bond donors (Lipinski definition) is 1. The summed E-state index contributed by atoms with van der Waals surface area (Å²) >= 11 is 0. The summed E-state index contributed by atoms with van der Waals surface area (Å²) in [6.45, 7) is 0. The van der Waals surface area contributed by atoms with E-state index in [1.165, 1.54) is 30.3 Å². The molecule has 4 nitrogen and oxygen atoms in total. The van der Waals surface area contributed by atoms with Gasteiger partial charge in [-0.1, -0.05) is 36.4 Å². The first-order valence-corrected chi connectivity index (χ1v) is 7.26. The molecular weight excluding hydrogens is 276 g/mol. The number of ketones is 1. The smallest absolute Gasteiger partial charge is 0.289 e. The van der Waals surface area contributed by atoms with Crippen LogP contribution in [-0.2, 0) is 10.1 Å². The van der Waals surface area contributed by atoms with Crippen molar-refractivity contribution in [2.75, 3.05) is 0 Å². The molecule has 0 aliphatic carbocycles. The second-order valence-electron chi connectivity index (χ2n) is 4.11. The molecule has 0 heterocycles. The largest absolute Gasteiger partial charge is 0.294 e. The number of allylic oxidation sites excluding steroid dienone is 1. The van der Waals surface area contributed by atoms with Crippen molar-refractivity contribution in [3.63, 3.8) is 0 Å². The topological polar surface area (TPSA) is 71.4 Å². The van der Waals surface area contributed by atoms with Gasteiger partial charge in [0.2, 0.25) is 0 Å². The Balaban J connectivity index is 2.16. The number of carbonyl (C=O) groups excluding carboxylic acids is 1. The molecule has 102 valence electrons. The van der Waals surface area contributed by atoms with Crippen LogP contribution < -0.4 is 0 Å². The highest BCUT2D eigenvalue weighted by molar-refractivity contribution is 7.85. The summed E-state index contributed by atoms with van der Waals surface area (Å²) in [5.41, 5.74) is 1.25. The second-order valence-corrected chi connectivity index (χ2v) is 5.53. The van der Waals surface area contributed by atoms with E-state index < -0.39 is 10.1 Å². The van der Waals surface area contributed by atoms with Gasteiger partial charge < -0.3 is 0 Å². The zero-order valence-corrected chi connectivity index (χ0v) is 11.2. The summed E-state index contributed by atoms with van der Waals surface area (Å²) in [7, 11) is -4.23. The van der Waals surface area contributed by atoms with Gasteiger partial charge in [-0.2, -0.15) is 8.42 Å². The van der Waals surface area contributed by atoms with Crippen molar-refractivity contribution in [1.82, 2.24) is 0 Å². The molecule has 2 rings (SSSR count). The molecule has 0 atom stereocenters. The van der Waals surface area contributed by atoms with E-state index in [2.05, 4.69) is 0 Å². The van der Waals surface area contributed by atoms with Crippen LogP contribution >= 0.6 is 0 Å². The highest BCUT2D eigenvalue weighted by Crippen LogP contribution is 2.11. The molecule has 0 fully saturated rings. The standard InChI is InChI=1S/C15H12O4S/c16-15(11-6-12-4-2-1-3-5-12)13-7-9-14(10-8-13)20(17,18)19/h1-11H,(H,17,18,19). The Labute approximate surface area is 117 Å². The molecule has 0 unspecified atom stereocenters. The Morgan fingerprint density at radius 1 is 0.950 bits per heavy atom. The van der Waals surface area contributed by atoms with E-state index in [0.29, 0.717) is 5.56 Å². The van der Waals surface area contributed by atoms with Gasteiger partial charge in [-0.05, 0) is 35.9 Å². The lowest BCUT2D eigenvalue weighted by molar-refractivity contribution is 0.104. The Morgan fingerprint density at radius 3 is 2.10 bits per heavy atom. The Kier molecular flexibility index (Phi) is 4.12. The van der Waals surface area contributed by atoms with E-state index >= 15 is 0 Å². The molecule has 0 amide bonds. The number of benzene rings is 2. The van der Waals surface area contributed by atoms with Crippen LogP contribution in [0.15, 0.2) is 65.6 Å². The van der Waals surface area contributed by atoms with Crippen molar-refractivity contribution in [3.8, 4) is 0 Å². The summed E-state index contributed by atoms with van der Waals surface area (Å²) in [5, 5.41) is 0. The zero-order chi connectivity index (χ0) is 14.6. The number of hydrogen-bond acceptors (Lipinski definition) is 3. The lowest BCUT2D eigenvalue weighted by Crippen LogP contribution is -1.99. The minimum absolute atomic E-state index is 0.235. The van der Waals surface area contributed by atoms with Crippen LogP contribution in [-0.4, -0.2) is 18.8 Å². The maximum atomic E-state index is 11.9. The predicted molar refractivity (Wildman–Crippen MR) is 76.1 cm³/mol. The summed E-state index contributed by atoms with van der Waals surface area (Å²) in [6, 6.07) is 14.5. The van der Waals surface area contributed by atoms with Crippen LogP contribution in [0.4, 0.5) is 0 Å². The molecule has 0 radical (unpaired) electrons. The van der Waals surface area contributed by atoms with E-state index in [1.54, 1.807) is 6.08 Å². The second kappa shape index (κ2) is 5.81. The lowest BCUT2D eigenvalue weighted by Gasteiger charge is -1.99. The number of carbonyl (C=O) groups is 1. The van der Waals surface area contributed by atoms with Gasteiger partial charge >= 0.3 is 0 Å². The first kappa shape index (κ1) is 14.2. The van der Waals surface area contributed by atoms with Crippen LogP contribution in [0.3, 0.4) is 0 Å². The molecule has 2 aromatic carbocycles. The van der Waals surface area contributed by atoms with Crippen LogP contribution in [0.1, 0.15) is 15.9 Å². The molecule has 1 N–H and O–H groups in total. The molecule has 5 heteroatoms. The third-order valence-corrected chi connectivity index (χ3v) is 3.53. The molecule has 0 aliphatic rings. The van der Waals surface area contributed by atoms with Crippen molar-refractivity contribution in [1.29, 1.82) is 0 Å². The van der Waals surface area contributed by atoms with Crippen molar-refractivity contribution in [2.45, 2.75) is 4.90 Å². The molecule has 2 aromatic rings. The van der Waals surface area contributed by atoms with Gasteiger partial charge in [0, 0.05) is 5.56 Å². The molecule has 0 saturated carbocycles. The minimum Gasteiger partial charge on any atom is -0.289 e. The van der Waals surface area contributed by atoms with Crippen LogP contribution in [0, 0.1) is 0 Å². The van der Waals surface area contributed by atoms with Crippen molar-refractivity contribution in [2.24, 2.45) is 0 Å². The average molecular weight is 288 g/mol. The maximum Gasteiger partial charge on any atom is 0.294 e.